The molecule has 2 aliphatic rings. The molecule has 0 aromatic heterocycles. The molecule has 0 aromatic rings. The monoisotopic (exact) mass is 378 g/mol. The van der Waals surface area contributed by atoms with Crippen molar-refractivity contribution in [2.24, 2.45) is 34.5 Å². The minimum atomic E-state index is -0.393. The fourth-order valence-corrected chi connectivity index (χ4v) is 4.63. The van der Waals surface area contributed by atoms with Crippen molar-refractivity contribution in [3.8, 4) is 0 Å². The highest BCUT2D eigenvalue weighted by atomic mass is 16.5. The Kier molecular flexibility index (Phi) is 6.48. The molecule has 1 fully saturated rings. The summed E-state index contributed by atoms with van der Waals surface area (Å²) in [6.45, 7) is 17.3. The number of ether oxygens (including phenoxy) is 2. The van der Waals surface area contributed by atoms with Crippen molar-refractivity contribution in [3.05, 3.63) is 11.1 Å². The number of hydrogen-bond acceptors (Lipinski definition) is 4. The zero-order chi connectivity index (χ0) is 20.6. The first-order valence-electron chi connectivity index (χ1n) is 10.4. The van der Waals surface area contributed by atoms with Crippen LogP contribution < -0.4 is 0 Å². The van der Waals surface area contributed by atoms with Gasteiger partial charge in [0.05, 0.1) is 25.0 Å². The van der Waals surface area contributed by atoms with Crippen LogP contribution >= 0.6 is 0 Å². The van der Waals surface area contributed by atoms with E-state index in [1.807, 2.05) is 41.5 Å². The van der Waals surface area contributed by atoms with E-state index < -0.39 is 11.8 Å². The maximum atomic E-state index is 13.0. The van der Waals surface area contributed by atoms with Crippen LogP contribution in [0, 0.1) is 34.5 Å². The summed E-state index contributed by atoms with van der Waals surface area (Å²) in [5.41, 5.74) is 2.57. The van der Waals surface area contributed by atoms with Gasteiger partial charge in [0.1, 0.15) is 0 Å². The Morgan fingerprint density at radius 1 is 0.778 bits per heavy atom. The van der Waals surface area contributed by atoms with Crippen LogP contribution in [0.25, 0.3) is 0 Å². The van der Waals surface area contributed by atoms with Gasteiger partial charge in [-0.05, 0) is 41.9 Å². The molecule has 0 N–H and O–H groups in total. The van der Waals surface area contributed by atoms with Crippen LogP contribution in [0.15, 0.2) is 11.1 Å². The molecule has 2 bridgehead atoms. The van der Waals surface area contributed by atoms with E-state index in [2.05, 4.69) is 13.8 Å². The van der Waals surface area contributed by atoms with Crippen LogP contribution in [0.1, 0.15) is 74.7 Å². The second-order valence-electron chi connectivity index (χ2n) is 10.6. The van der Waals surface area contributed by atoms with Crippen molar-refractivity contribution in [3.63, 3.8) is 0 Å². The number of rotatable bonds is 6. The SMILES string of the molecule is CCC1=C(CC)C2CC1C(C(=O)OCC(C)(C)C)C2C(=O)OCC(C)(C)C. The van der Waals surface area contributed by atoms with Crippen LogP contribution in [-0.4, -0.2) is 25.2 Å². The average Bonchev–Trinajstić information content (AvgIpc) is 3.10. The lowest BCUT2D eigenvalue weighted by atomic mass is 9.74. The van der Waals surface area contributed by atoms with Gasteiger partial charge in [0.2, 0.25) is 0 Å². The summed E-state index contributed by atoms with van der Waals surface area (Å²) in [5, 5.41) is 0. The number of fused-ring (bicyclic) bond motifs is 2. The lowest BCUT2D eigenvalue weighted by molar-refractivity contribution is -0.164. The molecule has 4 heteroatoms. The number of carbonyl (C=O) groups is 2. The highest BCUT2D eigenvalue weighted by Gasteiger charge is 2.58. The third-order valence-corrected chi connectivity index (χ3v) is 5.67. The summed E-state index contributed by atoms with van der Waals surface area (Å²) in [6.07, 6.45) is 2.77. The Hall–Kier alpha value is -1.32. The highest BCUT2D eigenvalue weighted by Crippen LogP contribution is 2.57. The first kappa shape index (κ1) is 22.0. The van der Waals surface area contributed by atoms with Crippen molar-refractivity contribution in [1.29, 1.82) is 0 Å². The standard InChI is InChI=1S/C23H38O4/c1-9-14-15(10-2)17-11-16(14)18(20(24)26-12-22(3,4)5)19(17)21(25)27-13-23(6,7)8/h16-19H,9-13H2,1-8H3. The van der Waals surface area contributed by atoms with E-state index >= 15 is 0 Å². The largest absolute Gasteiger partial charge is 0.465 e. The minimum absolute atomic E-state index is 0.0898. The Labute approximate surface area is 165 Å². The third-order valence-electron chi connectivity index (χ3n) is 5.67. The molecule has 154 valence electrons. The maximum Gasteiger partial charge on any atom is 0.310 e. The first-order chi connectivity index (χ1) is 12.4. The molecular formula is C23H38O4. The van der Waals surface area contributed by atoms with Gasteiger partial charge >= 0.3 is 11.9 Å². The van der Waals surface area contributed by atoms with Crippen LogP contribution in [0.3, 0.4) is 0 Å². The number of esters is 2. The van der Waals surface area contributed by atoms with E-state index in [-0.39, 0.29) is 34.6 Å². The van der Waals surface area contributed by atoms with Crippen LogP contribution in [-0.2, 0) is 19.1 Å². The van der Waals surface area contributed by atoms with Gasteiger partial charge in [-0.15, -0.1) is 0 Å². The second kappa shape index (κ2) is 7.97. The van der Waals surface area contributed by atoms with Gasteiger partial charge < -0.3 is 9.47 Å². The third kappa shape index (κ3) is 4.94. The lowest BCUT2D eigenvalue weighted by Gasteiger charge is -2.32. The van der Waals surface area contributed by atoms with Crippen molar-refractivity contribution in [2.45, 2.75) is 74.7 Å². The molecular weight excluding hydrogens is 340 g/mol. The molecule has 0 spiro atoms. The van der Waals surface area contributed by atoms with Gasteiger partial charge in [-0.2, -0.15) is 0 Å². The second-order valence-corrected chi connectivity index (χ2v) is 10.6. The maximum absolute atomic E-state index is 13.0. The summed E-state index contributed by atoms with van der Waals surface area (Å²) < 4.78 is 11.3. The smallest absolute Gasteiger partial charge is 0.310 e. The van der Waals surface area contributed by atoms with E-state index in [1.165, 1.54) is 11.1 Å². The van der Waals surface area contributed by atoms with E-state index in [1.54, 1.807) is 0 Å². The number of carbonyl (C=O) groups excluding carboxylic acids is 2. The Bertz CT molecular complexity index is 551. The average molecular weight is 379 g/mol. The summed E-state index contributed by atoms with van der Waals surface area (Å²) in [4.78, 5) is 26.0. The predicted octanol–water partition coefficient (Wildman–Crippen LogP) is 5.16. The van der Waals surface area contributed by atoms with Crippen molar-refractivity contribution >= 4 is 11.9 Å². The normalized spacial score (nSPS) is 27.9. The lowest BCUT2D eigenvalue weighted by Crippen LogP contribution is -2.39. The Morgan fingerprint density at radius 2 is 1.11 bits per heavy atom. The fraction of sp³-hybridized carbons (Fsp3) is 0.826. The van der Waals surface area contributed by atoms with Crippen LogP contribution in [0.4, 0.5) is 0 Å². The van der Waals surface area contributed by atoms with Gasteiger partial charge in [-0.25, -0.2) is 0 Å². The zero-order valence-electron chi connectivity index (χ0n) is 18.5. The molecule has 4 unspecified atom stereocenters. The molecule has 0 heterocycles. The van der Waals surface area contributed by atoms with Gasteiger partial charge in [-0.1, -0.05) is 66.5 Å². The Morgan fingerprint density at radius 3 is 1.37 bits per heavy atom. The molecule has 2 rings (SSSR count). The van der Waals surface area contributed by atoms with Gasteiger partial charge in [0, 0.05) is 0 Å². The van der Waals surface area contributed by atoms with E-state index in [0.717, 1.165) is 19.3 Å². The molecule has 4 atom stereocenters. The summed E-state index contributed by atoms with van der Waals surface area (Å²) in [7, 11) is 0. The summed E-state index contributed by atoms with van der Waals surface area (Å²) in [5.74, 6) is -0.971. The van der Waals surface area contributed by atoms with Gasteiger partial charge in [-0.3, -0.25) is 9.59 Å². The molecule has 0 amide bonds. The predicted molar refractivity (Wildman–Crippen MR) is 107 cm³/mol. The Balaban J connectivity index is 2.26. The van der Waals surface area contributed by atoms with Crippen molar-refractivity contribution in [2.75, 3.05) is 13.2 Å². The molecule has 0 aromatic carbocycles. The van der Waals surface area contributed by atoms with Gasteiger partial charge in [0.25, 0.3) is 0 Å². The molecule has 4 nitrogen and oxygen atoms in total. The van der Waals surface area contributed by atoms with Crippen molar-refractivity contribution < 1.29 is 19.1 Å². The number of hydrogen-bond donors (Lipinski definition) is 0. The molecule has 1 saturated carbocycles. The van der Waals surface area contributed by atoms with E-state index in [4.69, 9.17) is 9.47 Å². The molecule has 0 saturated heterocycles. The molecule has 27 heavy (non-hydrogen) atoms. The molecule has 0 radical (unpaired) electrons. The fourth-order valence-electron chi connectivity index (χ4n) is 4.63. The summed E-state index contributed by atoms with van der Waals surface area (Å²) >= 11 is 0. The minimum Gasteiger partial charge on any atom is -0.465 e. The van der Waals surface area contributed by atoms with Gasteiger partial charge in [0.15, 0.2) is 0 Å². The molecule has 2 aliphatic carbocycles. The van der Waals surface area contributed by atoms with E-state index in [0.29, 0.717) is 13.2 Å². The van der Waals surface area contributed by atoms with Crippen molar-refractivity contribution in [1.82, 2.24) is 0 Å². The quantitative estimate of drug-likeness (QED) is 0.473. The summed E-state index contributed by atoms with van der Waals surface area (Å²) in [6, 6.07) is 0. The van der Waals surface area contributed by atoms with Crippen LogP contribution in [0.2, 0.25) is 0 Å². The van der Waals surface area contributed by atoms with E-state index in [9.17, 15) is 9.59 Å². The number of allylic oxidation sites excluding steroid dienone is 2. The molecule has 0 aliphatic heterocycles. The first-order valence-corrected chi connectivity index (χ1v) is 10.4. The van der Waals surface area contributed by atoms with Crippen LogP contribution in [0.5, 0.6) is 0 Å². The highest BCUT2D eigenvalue weighted by molar-refractivity contribution is 5.85. The zero-order valence-corrected chi connectivity index (χ0v) is 18.5. The topological polar surface area (TPSA) is 52.6 Å².